The Kier molecular flexibility index (Phi) is 5.96. The van der Waals surface area contributed by atoms with Crippen molar-refractivity contribution in [2.45, 2.75) is 39.8 Å². The summed E-state index contributed by atoms with van der Waals surface area (Å²) in [6.07, 6.45) is 0.254. The predicted octanol–water partition coefficient (Wildman–Crippen LogP) is 3.72. The Morgan fingerprint density at radius 2 is 2.06 bits per heavy atom. The molecule has 2 nitrogen and oxygen atoms in total. The third kappa shape index (κ3) is 4.66. The smallest absolute Gasteiger partial charge is 0.0664 e. The normalized spacial score (nSPS) is 13.1. The van der Waals surface area contributed by atoms with Crippen molar-refractivity contribution in [2.24, 2.45) is 0 Å². The number of hydrogen-bond acceptors (Lipinski definition) is 2. The van der Waals surface area contributed by atoms with Crippen LogP contribution in [0.25, 0.3) is 0 Å². The molecule has 0 bridgehead atoms. The number of aryl methyl sites for hydroxylation is 1. The summed E-state index contributed by atoms with van der Waals surface area (Å²) in [5.74, 6) is 0. The second-order valence-electron chi connectivity index (χ2n) is 4.50. The maximum Gasteiger partial charge on any atom is 0.0664 e. The lowest BCUT2D eigenvalue weighted by molar-refractivity contribution is 0.0614. The van der Waals surface area contributed by atoms with Crippen LogP contribution in [0, 0.1) is 6.92 Å². The fourth-order valence-corrected chi connectivity index (χ4v) is 1.81. The zero-order valence-corrected chi connectivity index (χ0v) is 11.8. The topological polar surface area (TPSA) is 21.3 Å². The Morgan fingerprint density at radius 1 is 1.35 bits per heavy atom. The summed E-state index contributed by atoms with van der Waals surface area (Å²) in [6, 6.07) is 6.37. The summed E-state index contributed by atoms with van der Waals surface area (Å²) >= 11 is 6.04. The van der Waals surface area contributed by atoms with Crippen molar-refractivity contribution in [3.05, 3.63) is 34.3 Å². The van der Waals surface area contributed by atoms with E-state index in [0.29, 0.717) is 6.61 Å². The first-order valence-corrected chi connectivity index (χ1v) is 6.53. The van der Waals surface area contributed by atoms with E-state index in [-0.39, 0.29) is 12.1 Å². The van der Waals surface area contributed by atoms with Crippen molar-refractivity contribution in [1.29, 1.82) is 0 Å². The molecule has 0 aliphatic carbocycles. The molecule has 1 unspecified atom stereocenters. The van der Waals surface area contributed by atoms with E-state index in [9.17, 15) is 0 Å². The molecule has 0 heterocycles. The van der Waals surface area contributed by atoms with Crippen LogP contribution in [0.4, 0.5) is 0 Å². The highest BCUT2D eigenvalue weighted by Crippen LogP contribution is 2.21. The molecular formula is C14H22ClNO. The van der Waals surface area contributed by atoms with E-state index in [2.05, 4.69) is 38.2 Å². The molecule has 0 aliphatic rings. The lowest BCUT2D eigenvalue weighted by atomic mass is 10.0. The van der Waals surface area contributed by atoms with Gasteiger partial charge >= 0.3 is 0 Å². The van der Waals surface area contributed by atoms with Crippen molar-refractivity contribution in [3.8, 4) is 0 Å². The summed E-state index contributed by atoms with van der Waals surface area (Å²) in [5.41, 5.74) is 2.34. The third-order valence-electron chi connectivity index (χ3n) is 2.63. The minimum absolute atomic E-state index is 0.235. The first-order valence-electron chi connectivity index (χ1n) is 6.15. The minimum atomic E-state index is 0.235. The maximum absolute atomic E-state index is 6.04. The number of ether oxygens (including phenoxy) is 1. The third-order valence-corrected chi connectivity index (χ3v) is 3.06. The monoisotopic (exact) mass is 255 g/mol. The van der Waals surface area contributed by atoms with Gasteiger partial charge < -0.3 is 10.1 Å². The zero-order valence-electron chi connectivity index (χ0n) is 11.1. The summed E-state index contributed by atoms with van der Waals surface area (Å²) < 4.78 is 5.69. The first kappa shape index (κ1) is 14.5. The van der Waals surface area contributed by atoms with Gasteiger partial charge in [-0.2, -0.15) is 0 Å². The molecule has 0 radical (unpaired) electrons. The molecule has 96 valence electrons. The lowest BCUT2D eigenvalue weighted by Gasteiger charge is -2.20. The average Bonchev–Trinajstić information content (AvgIpc) is 2.28. The van der Waals surface area contributed by atoms with Crippen molar-refractivity contribution >= 4 is 11.6 Å². The molecule has 0 fully saturated rings. The van der Waals surface area contributed by atoms with E-state index >= 15 is 0 Å². The van der Waals surface area contributed by atoms with Crippen LogP contribution in [-0.2, 0) is 4.74 Å². The number of hydrogen-bond donors (Lipinski definition) is 1. The van der Waals surface area contributed by atoms with Crippen LogP contribution < -0.4 is 5.32 Å². The Morgan fingerprint density at radius 3 is 2.59 bits per heavy atom. The Bertz CT molecular complexity index is 352. The van der Waals surface area contributed by atoms with E-state index in [4.69, 9.17) is 16.3 Å². The van der Waals surface area contributed by atoms with Gasteiger partial charge in [-0.05, 0) is 44.5 Å². The summed E-state index contributed by atoms with van der Waals surface area (Å²) in [4.78, 5) is 0. The second-order valence-corrected chi connectivity index (χ2v) is 4.91. The fraction of sp³-hybridized carbons (Fsp3) is 0.571. The van der Waals surface area contributed by atoms with Gasteiger partial charge in [0.2, 0.25) is 0 Å². The van der Waals surface area contributed by atoms with Gasteiger partial charge in [-0.1, -0.05) is 30.7 Å². The quantitative estimate of drug-likeness (QED) is 0.837. The molecule has 3 heteroatoms. The number of rotatable bonds is 6. The van der Waals surface area contributed by atoms with Gasteiger partial charge in [-0.25, -0.2) is 0 Å². The van der Waals surface area contributed by atoms with Gasteiger partial charge in [0.15, 0.2) is 0 Å². The van der Waals surface area contributed by atoms with Gasteiger partial charge in [0.25, 0.3) is 0 Å². The van der Waals surface area contributed by atoms with Crippen LogP contribution >= 0.6 is 11.6 Å². The van der Waals surface area contributed by atoms with Crippen molar-refractivity contribution in [2.75, 3.05) is 13.2 Å². The predicted molar refractivity (Wildman–Crippen MR) is 73.7 cm³/mol. The SMILES string of the molecule is CCNC(COC(C)C)c1ccc(Cl)c(C)c1. The van der Waals surface area contributed by atoms with E-state index in [1.807, 2.05) is 13.0 Å². The summed E-state index contributed by atoms with van der Waals surface area (Å²) in [7, 11) is 0. The van der Waals surface area contributed by atoms with Crippen molar-refractivity contribution < 1.29 is 4.74 Å². The Hall–Kier alpha value is -0.570. The standard InChI is InChI=1S/C14H22ClNO/c1-5-16-14(9-17-10(2)3)12-6-7-13(15)11(4)8-12/h6-8,10,14,16H,5,9H2,1-4H3. The molecule has 0 amide bonds. The van der Waals surface area contributed by atoms with Crippen LogP contribution in [-0.4, -0.2) is 19.3 Å². The highest BCUT2D eigenvalue weighted by atomic mass is 35.5. The van der Waals surface area contributed by atoms with Crippen molar-refractivity contribution in [3.63, 3.8) is 0 Å². The Balaban J connectivity index is 2.77. The van der Waals surface area contributed by atoms with E-state index in [1.54, 1.807) is 0 Å². The molecule has 1 N–H and O–H groups in total. The van der Waals surface area contributed by atoms with E-state index in [0.717, 1.165) is 17.1 Å². The highest BCUT2D eigenvalue weighted by molar-refractivity contribution is 6.31. The molecule has 17 heavy (non-hydrogen) atoms. The molecule has 0 saturated carbocycles. The van der Waals surface area contributed by atoms with E-state index < -0.39 is 0 Å². The van der Waals surface area contributed by atoms with Crippen LogP contribution in [0.3, 0.4) is 0 Å². The molecule has 0 saturated heterocycles. The lowest BCUT2D eigenvalue weighted by Crippen LogP contribution is -2.26. The Labute approximate surface area is 109 Å². The van der Waals surface area contributed by atoms with Crippen LogP contribution in [0.1, 0.15) is 37.9 Å². The molecular weight excluding hydrogens is 234 g/mol. The molecule has 0 aliphatic heterocycles. The molecule has 1 aromatic carbocycles. The number of nitrogens with one attached hydrogen (secondary N) is 1. The van der Waals surface area contributed by atoms with Gasteiger partial charge in [0.1, 0.15) is 0 Å². The fourth-order valence-electron chi connectivity index (χ4n) is 1.69. The minimum Gasteiger partial charge on any atom is -0.377 e. The maximum atomic E-state index is 6.04. The van der Waals surface area contributed by atoms with Gasteiger partial charge in [0, 0.05) is 5.02 Å². The summed E-state index contributed by atoms with van der Waals surface area (Å²) in [5, 5.41) is 4.25. The molecule has 0 aromatic heterocycles. The molecule has 1 rings (SSSR count). The van der Waals surface area contributed by atoms with Crippen LogP contribution in [0.2, 0.25) is 5.02 Å². The second kappa shape index (κ2) is 7.00. The molecule has 0 spiro atoms. The highest BCUT2D eigenvalue weighted by Gasteiger charge is 2.12. The van der Waals surface area contributed by atoms with Gasteiger partial charge in [-0.3, -0.25) is 0 Å². The van der Waals surface area contributed by atoms with Crippen molar-refractivity contribution in [1.82, 2.24) is 5.32 Å². The number of halogens is 1. The first-order chi connectivity index (χ1) is 8.04. The summed E-state index contributed by atoms with van der Waals surface area (Å²) in [6.45, 7) is 9.84. The van der Waals surface area contributed by atoms with Crippen LogP contribution in [0.5, 0.6) is 0 Å². The van der Waals surface area contributed by atoms with Crippen LogP contribution in [0.15, 0.2) is 18.2 Å². The molecule has 1 aromatic rings. The average molecular weight is 256 g/mol. The molecule has 1 atom stereocenters. The van der Waals surface area contributed by atoms with E-state index in [1.165, 1.54) is 5.56 Å². The largest absolute Gasteiger partial charge is 0.377 e. The van der Waals surface area contributed by atoms with Gasteiger partial charge in [0.05, 0.1) is 18.8 Å². The number of benzene rings is 1. The van der Waals surface area contributed by atoms with Gasteiger partial charge in [-0.15, -0.1) is 0 Å². The zero-order chi connectivity index (χ0) is 12.8. The number of likely N-dealkylation sites (N-methyl/N-ethyl adjacent to an activating group) is 1.